The normalized spacial score (nSPS) is 10.4. The fourth-order valence-corrected chi connectivity index (χ4v) is 3.25. The van der Waals surface area contributed by atoms with Crippen LogP contribution in [0.5, 0.6) is 11.5 Å². The standard InChI is InChI=1S/C20H20N2O3S/c1-24-16-7-3-14(4-8-16)11-12-21-19(23)18-13-26-20(22-18)15-5-9-17(25-2)10-6-15/h3-10,13H,11-12H2,1-2H3,(H,21,23). The lowest BCUT2D eigenvalue weighted by atomic mass is 10.1. The quantitative estimate of drug-likeness (QED) is 0.689. The summed E-state index contributed by atoms with van der Waals surface area (Å²) in [6.07, 6.45) is 0.755. The fourth-order valence-electron chi connectivity index (χ4n) is 2.45. The number of carbonyl (C=O) groups excluding carboxylic acids is 1. The number of nitrogens with one attached hydrogen (secondary N) is 1. The first-order chi connectivity index (χ1) is 12.7. The summed E-state index contributed by atoms with van der Waals surface area (Å²) in [6, 6.07) is 15.4. The highest BCUT2D eigenvalue weighted by molar-refractivity contribution is 7.13. The van der Waals surface area contributed by atoms with Gasteiger partial charge >= 0.3 is 0 Å². The molecule has 5 nitrogen and oxygen atoms in total. The summed E-state index contributed by atoms with van der Waals surface area (Å²) in [5.41, 5.74) is 2.55. The van der Waals surface area contributed by atoms with E-state index in [1.807, 2.05) is 48.5 Å². The monoisotopic (exact) mass is 368 g/mol. The Bertz CT molecular complexity index is 858. The Kier molecular flexibility index (Phi) is 5.86. The molecular formula is C20H20N2O3S. The number of amides is 1. The van der Waals surface area contributed by atoms with Gasteiger partial charge < -0.3 is 14.8 Å². The van der Waals surface area contributed by atoms with Gasteiger partial charge in [0, 0.05) is 17.5 Å². The number of thiazole rings is 1. The predicted octanol–water partition coefficient (Wildman–Crippen LogP) is 3.80. The molecule has 3 rings (SSSR count). The summed E-state index contributed by atoms with van der Waals surface area (Å²) in [5, 5.41) is 5.51. The number of methoxy groups -OCH3 is 2. The van der Waals surface area contributed by atoms with E-state index in [1.54, 1.807) is 19.6 Å². The zero-order valence-electron chi connectivity index (χ0n) is 14.7. The summed E-state index contributed by atoms with van der Waals surface area (Å²) >= 11 is 1.45. The molecular weight excluding hydrogens is 348 g/mol. The van der Waals surface area contributed by atoms with E-state index in [9.17, 15) is 4.79 Å². The van der Waals surface area contributed by atoms with Crippen LogP contribution in [0.3, 0.4) is 0 Å². The van der Waals surface area contributed by atoms with Crippen molar-refractivity contribution in [3.8, 4) is 22.1 Å². The zero-order chi connectivity index (χ0) is 18.4. The van der Waals surface area contributed by atoms with Crippen LogP contribution in [0.2, 0.25) is 0 Å². The molecule has 1 N–H and O–H groups in total. The summed E-state index contributed by atoms with van der Waals surface area (Å²) in [6.45, 7) is 0.556. The maximum absolute atomic E-state index is 12.3. The Balaban J connectivity index is 1.55. The highest BCUT2D eigenvalue weighted by Crippen LogP contribution is 2.25. The number of benzene rings is 2. The van der Waals surface area contributed by atoms with Gasteiger partial charge in [0.1, 0.15) is 22.2 Å². The third-order valence-electron chi connectivity index (χ3n) is 3.93. The minimum Gasteiger partial charge on any atom is -0.497 e. The van der Waals surface area contributed by atoms with Gasteiger partial charge in [-0.25, -0.2) is 4.98 Å². The Labute approximate surface area is 156 Å². The Morgan fingerprint density at radius 3 is 2.23 bits per heavy atom. The second-order valence-corrected chi connectivity index (χ2v) is 6.48. The summed E-state index contributed by atoms with van der Waals surface area (Å²) < 4.78 is 10.3. The molecule has 134 valence electrons. The van der Waals surface area contributed by atoms with Gasteiger partial charge in [-0.3, -0.25) is 4.79 Å². The van der Waals surface area contributed by atoms with Crippen LogP contribution in [0.1, 0.15) is 16.1 Å². The van der Waals surface area contributed by atoms with E-state index in [0.29, 0.717) is 12.2 Å². The number of aromatic nitrogens is 1. The third-order valence-corrected chi connectivity index (χ3v) is 4.82. The van der Waals surface area contributed by atoms with Gasteiger partial charge in [0.15, 0.2) is 0 Å². The van der Waals surface area contributed by atoms with Crippen molar-refractivity contribution in [2.75, 3.05) is 20.8 Å². The van der Waals surface area contributed by atoms with Gasteiger partial charge in [-0.05, 0) is 48.4 Å². The molecule has 0 aliphatic heterocycles. The highest BCUT2D eigenvalue weighted by Gasteiger charge is 2.11. The number of hydrogen-bond acceptors (Lipinski definition) is 5. The minimum absolute atomic E-state index is 0.158. The summed E-state index contributed by atoms with van der Waals surface area (Å²) in [7, 11) is 3.27. The summed E-state index contributed by atoms with van der Waals surface area (Å²) in [4.78, 5) is 16.7. The molecule has 1 aromatic heterocycles. The average molecular weight is 368 g/mol. The number of hydrogen-bond donors (Lipinski definition) is 1. The Morgan fingerprint density at radius 2 is 1.62 bits per heavy atom. The molecule has 3 aromatic rings. The number of ether oxygens (including phenoxy) is 2. The van der Waals surface area contributed by atoms with Crippen LogP contribution in [-0.4, -0.2) is 31.7 Å². The lowest BCUT2D eigenvalue weighted by molar-refractivity contribution is 0.0950. The van der Waals surface area contributed by atoms with E-state index in [1.165, 1.54) is 11.3 Å². The smallest absolute Gasteiger partial charge is 0.270 e. The van der Waals surface area contributed by atoms with Crippen LogP contribution in [0.4, 0.5) is 0 Å². The largest absolute Gasteiger partial charge is 0.497 e. The van der Waals surface area contributed by atoms with Crippen molar-refractivity contribution in [1.29, 1.82) is 0 Å². The maximum Gasteiger partial charge on any atom is 0.270 e. The molecule has 0 bridgehead atoms. The van der Waals surface area contributed by atoms with E-state index >= 15 is 0 Å². The predicted molar refractivity (Wildman–Crippen MR) is 103 cm³/mol. The zero-order valence-corrected chi connectivity index (χ0v) is 15.5. The van der Waals surface area contributed by atoms with Gasteiger partial charge in [0.25, 0.3) is 5.91 Å². The second-order valence-electron chi connectivity index (χ2n) is 5.62. The van der Waals surface area contributed by atoms with E-state index in [0.717, 1.165) is 34.1 Å². The first kappa shape index (κ1) is 17.9. The summed E-state index contributed by atoms with van der Waals surface area (Å²) in [5.74, 6) is 1.46. The van der Waals surface area contributed by atoms with Gasteiger partial charge in [-0.1, -0.05) is 12.1 Å². The molecule has 1 heterocycles. The molecule has 26 heavy (non-hydrogen) atoms. The van der Waals surface area contributed by atoms with Gasteiger partial charge in [-0.15, -0.1) is 11.3 Å². The van der Waals surface area contributed by atoms with E-state index < -0.39 is 0 Å². The first-order valence-electron chi connectivity index (χ1n) is 8.20. The number of carbonyl (C=O) groups is 1. The highest BCUT2D eigenvalue weighted by atomic mass is 32.1. The van der Waals surface area contributed by atoms with Gasteiger partial charge in [-0.2, -0.15) is 0 Å². The maximum atomic E-state index is 12.3. The van der Waals surface area contributed by atoms with Gasteiger partial charge in [0.05, 0.1) is 14.2 Å². The van der Waals surface area contributed by atoms with Crippen LogP contribution in [0.15, 0.2) is 53.9 Å². The molecule has 6 heteroatoms. The number of nitrogens with zero attached hydrogens (tertiary/aromatic N) is 1. The molecule has 0 unspecified atom stereocenters. The molecule has 0 radical (unpaired) electrons. The van der Waals surface area contributed by atoms with E-state index in [-0.39, 0.29) is 5.91 Å². The van der Waals surface area contributed by atoms with Crippen LogP contribution < -0.4 is 14.8 Å². The first-order valence-corrected chi connectivity index (χ1v) is 9.08. The van der Waals surface area contributed by atoms with Crippen molar-refractivity contribution < 1.29 is 14.3 Å². The molecule has 0 aliphatic carbocycles. The van der Waals surface area contributed by atoms with Crippen molar-refractivity contribution >= 4 is 17.2 Å². The van der Waals surface area contributed by atoms with Crippen molar-refractivity contribution in [3.63, 3.8) is 0 Å². The van der Waals surface area contributed by atoms with Crippen molar-refractivity contribution in [2.24, 2.45) is 0 Å². The Morgan fingerprint density at radius 1 is 1.00 bits per heavy atom. The molecule has 0 atom stereocenters. The van der Waals surface area contributed by atoms with Crippen molar-refractivity contribution in [1.82, 2.24) is 10.3 Å². The third kappa shape index (κ3) is 4.40. The molecule has 0 fully saturated rings. The lowest BCUT2D eigenvalue weighted by Crippen LogP contribution is -2.25. The van der Waals surface area contributed by atoms with E-state index in [4.69, 9.17) is 9.47 Å². The second kappa shape index (κ2) is 8.49. The average Bonchev–Trinajstić information content (AvgIpc) is 3.19. The number of rotatable bonds is 7. The van der Waals surface area contributed by atoms with Crippen molar-refractivity contribution in [2.45, 2.75) is 6.42 Å². The molecule has 0 aliphatic rings. The topological polar surface area (TPSA) is 60.5 Å². The molecule has 0 saturated carbocycles. The fraction of sp³-hybridized carbons (Fsp3) is 0.200. The lowest BCUT2D eigenvalue weighted by Gasteiger charge is -2.05. The van der Waals surface area contributed by atoms with Crippen LogP contribution >= 0.6 is 11.3 Å². The molecule has 1 amide bonds. The van der Waals surface area contributed by atoms with Crippen LogP contribution in [0, 0.1) is 0 Å². The molecule has 2 aromatic carbocycles. The van der Waals surface area contributed by atoms with Crippen molar-refractivity contribution in [3.05, 3.63) is 65.2 Å². The van der Waals surface area contributed by atoms with E-state index in [2.05, 4.69) is 10.3 Å². The van der Waals surface area contributed by atoms with Crippen LogP contribution in [0.25, 0.3) is 10.6 Å². The molecule has 0 saturated heterocycles. The minimum atomic E-state index is -0.158. The van der Waals surface area contributed by atoms with Gasteiger partial charge in [0.2, 0.25) is 0 Å². The Hall–Kier alpha value is -2.86. The van der Waals surface area contributed by atoms with Crippen LogP contribution in [-0.2, 0) is 6.42 Å². The SMILES string of the molecule is COc1ccc(CCNC(=O)c2csc(-c3ccc(OC)cc3)n2)cc1. The molecule has 0 spiro atoms.